The van der Waals surface area contributed by atoms with Gasteiger partial charge in [-0.2, -0.15) is 0 Å². The van der Waals surface area contributed by atoms with Crippen LogP contribution in [0.2, 0.25) is 0 Å². The number of alkyl halides is 2. The molecule has 0 saturated heterocycles. The Balaban J connectivity index is 2.31. The normalized spacial score (nSPS) is 22.0. The molecule has 0 aliphatic heterocycles. The van der Waals surface area contributed by atoms with Crippen LogP contribution in [0, 0.1) is 0 Å². The molecule has 3 heteroatoms. The van der Waals surface area contributed by atoms with Crippen molar-refractivity contribution in [1.82, 2.24) is 0 Å². The fourth-order valence-electron chi connectivity index (χ4n) is 2.35. The molecule has 0 amide bonds. The lowest BCUT2D eigenvalue weighted by molar-refractivity contribution is 0.103. The molecule has 3 rings (SSSR count). The minimum Gasteiger partial charge on any atom is -0.289 e. The second kappa shape index (κ2) is 4.42. The first-order valence-corrected chi connectivity index (χ1v) is 6.58. The van der Waals surface area contributed by atoms with E-state index in [1.165, 1.54) is 0 Å². The zero-order chi connectivity index (χ0) is 12.7. The highest BCUT2D eigenvalue weighted by molar-refractivity contribution is 6.32. The molecule has 0 bridgehead atoms. The van der Waals surface area contributed by atoms with E-state index in [1.54, 1.807) is 12.1 Å². The Morgan fingerprint density at radius 2 is 1.11 bits per heavy atom. The lowest BCUT2D eigenvalue weighted by atomic mass is 9.99. The maximum absolute atomic E-state index is 12.5. The number of halogens is 2. The molecule has 18 heavy (non-hydrogen) atoms. The van der Waals surface area contributed by atoms with Gasteiger partial charge in [0.1, 0.15) is 0 Å². The van der Waals surface area contributed by atoms with E-state index in [4.69, 9.17) is 23.2 Å². The Morgan fingerprint density at radius 3 is 1.56 bits per heavy atom. The Morgan fingerprint density at radius 1 is 0.722 bits per heavy atom. The maximum atomic E-state index is 12.5. The minimum atomic E-state index is -0.393. The van der Waals surface area contributed by atoms with Crippen molar-refractivity contribution < 1.29 is 4.79 Å². The lowest BCUT2D eigenvalue weighted by Gasteiger charge is -2.15. The van der Waals surface area contributed by atoms with Crippen LogP contribution < -0.4 is 0 Å². The summed E-state index contributed by atoms with van der Waals surface area (Å²) in [7, 11) is 0. The minimum absolute atomic E-state index is 0.00463. The molecule has 2 unspecified atom stereocenters. The molecule has 0 saturated carbocycles. The first kappa shape index (κ1) is 11.8. The predicted molar refractivity (Wildman–Crippen MR) is 73.5 cm³/mol. The smallest absolute Gasteiger partial charge is 0.193 e. The van der Waals surface area contributed by atoms with Gasteiger partial charge in [-0.15, -0.1) is 23.2 Å². The largest absolute Gasteiger partial charge is 0.289 e. The molecule has 2 aromatic rings. The summed E-state index contributed by atoms with van der Waals surface area (Å²) in [6, 6.07) is 14.8. The Bertz CT molecular complexity index is 568. The molecule has 1 nitrogen and oxygen atoms in total. The second-order valence-electron chi connectivity index (χ2n) is 4.31. The van der Waals surface area contributed by atoms with Gasteiger partial charge in [-0.25, -0.2) is 0 Å². The van der Waals surface area contributed by atoms with Gasteiger partial charge in [-0.05, 0) is 11.1 Å². The van der Waals surface area contributed by atoms with Gasteiger partial charge in [-0.3, -0.25) is 4.79 Å². The van der Waals surface area contributed by atoms with E-state index in [0.717, 1.165) is 11.1 Å². The summed E-state index contributed by atoms with van der Waals surface area (Å²) in [6.07, 6.45) is 0. The molecule has 0 spiro atoms. The van der Waals surface area contributed by atoms with E-state index in [0.29, 0.717) is 11.1 Å². The monoisotopic (exact) mass is 276 g/mol. The molecular weight excluding hydrogens is 267 g/mol. The quantitative estimate of drug-likeness (QED) is 0.648. The van der Waals surface area contributed by atoms with Gasteiger partial charge in [0.15, 0.2) is 5.78 Å². The van der Waals surface area contributed by atoms with Crippen LogP contribution in [-0.2, 0) is 0 Å². The van der Waals surface area contributed by atoms with Crippen molar-refractivity contribution in [2.45, 2.75) is 10.8 Å². The highest BCUT2D eigenvalue weighted by Crippen LogP contribution is 2.44. The molecule has 90 valence electrons. The van der Waals surface area contributed by atoms with Crippen LogP contribution in [0.15, 0.2) is 48.5 Å². The zero-order valence-electron chi connectivity index (χ0n) is 9.44. The van der Waals surface area contributed by atoms with E-state index in [9.17, 15) is 4.79 Å². The summed E-state index contributed by atoms with van der Waals surface area (Å²) in [5.74, 6) is -0.00463. The van der Waals surface area contributed by atoms with E-state index in [2.05, 4.69) is 0 Å². The molecule has 2 atom stereocenters. The van der Waals surface area contributed by atoms with Crippen molar-refractivity contribution in [3.8, 4) is 0 Å². The first-order chi connectivity index (χ1) is 8.70. The van der Waals surface area contributed by atoms with Crippen LogP contribution in [-0.4, -0.2) is 5.78 Å². The van der Waals surface area contributed by atoms with Crippen LogP contribution in [0.5, 0.6) is 0 Å². The number of carbonyl (C=O) groups is 1. The van der Waals surface area contributed by atoms with Crippen LogP contribution >= 0.6 is 23.2 Å². The van der Waals surface area contributed by atoms with Gasteiger partial charge in [0.05, 0.1) is 10.8 Å². The van der Waals surface area contributed by atoms with Gasteiger partial charge in [0.25, 0.3) is 0 Å². The van der Waals surface area contributed by atoms with Gasteiger partial charge in [0.2, 0.25) is 0 Å². The van der Waals surface area contributed by atoms with Gasteiger partial charge in [0, 0.05) is 11.1 Å². The molecule has 2 aromatic carbocycles. The Labute approximate surface area is 115 Å². The number of rotatable bonds is 0. The first-order valence-electron chi connectivity index (χ1n) is 5.71. The summed E-state index contributed by atoms with van der Waals surface area (Å²) in [4.78, 5) is 12.5. The number of hydrogen-bond acceptors (Lipinski definition) is 1. The third-order valence-electron chi connectivity index (χ3n) is 3.26. The molecule has 1 aliphatic rings. The standard InChI is InChI=1S/C15H10Cl2O/c16-13-9-5-1-3-7-11(9)15(18)12-8-4-2-6-10(12)14(13)17/h1-8,13-14H. The molecule has 1 aliphatic carbocycles. The van der Waals surface area contributed by atoms with Gasteiger partial charge >= 0.3 is 0 Å². The maximum Gasteiger partial charge on any atom is 0.193 e. The summed E-state index contributed by atoms with van der Waals surface area (Å²) in [5, 5.41) is -0.786. The van der Waals surface area contributed by atoms with Crippen molar-refractivity contribution in [2.24, 2.45) is 0 Å². The number of carbonyl (C=O) groups excluding carboxylic acids is 1. The summed E-state index contributed by atoms with van der Waals surface area (Å²) in [5.41, 5.74) is 2.90. The van der Waals surface area contributed by atoms with E-state index < -0.39 is 10.8 Å². The molecule has 0 N–H and O–H groups in total. The Hall–Kier alpha value is -1.31. The highest BCUT2D eigenvalue weighted by Gasteiger charge is 2.32. The number of fused-ring (bicyclic) bond motifs is 2. The molecule has 0 aromatic heterocycles. The Kier molecular flexibility index (Phi) is 2.89. The molecule has 0 fully saturated rings. The van der Waals surface area contributed by atoms with Crippen molar-refractivity contribution in [2.75, 3.05) is 0 Å². The van der Waals surface area contributed by atoms with E-state index in [-0.39, 0.29) is 5.78 Å². The molecule has 0 radical (unpaired) electrons. The fourth-order valence-corrected chi connectivity index (χ4v) is 3.00. The van der Waals surface area contributed by atoms with E-state index >= 15 is 0 Å². The summed E-state index contributed by atoms with van der Waals surface area (Å²) >= 11 is 12.8. The predicted octanol–water partition coefficient (Wildman–Crippen LogP) is 4.49. The molecular formula is C15H10Cl2O. The van der Waals surface area contributed by atoms with Crippen LogP contribution in [0.4, 0.5) is 0 Å². The van der Waals surface area contributed by atoms with Gasteiger partial charge < -0.3 is 0 Å². The van der Waals surface area contributed by atoms with Crippen molar-refractivity contribution >= 4 is 29.0 Å². The highest BCUT2D eigenvalue weighted by atomic mass is 35.5. The third kappa shape index (κ3) is 1.66. The van der Waals surface area contributed by atoms with Crippen LogP contribution in [0.3, 0.4) is 0 Å². The van der Waals surface area contributed by atoms with Crippen LogP contribution in [0.1, 0.15) is 37.8 Å². The average Bonchev–Trinajstić information content (AvgIpc) is 2.51. The molecule has 0 heterocycles. The van der Waals surface area contributed by atoms with Crippen LogP contribution in [0.25, 0.3) is 0 Å². The second-order valence-corrected chi connectivity index (χ2v) is 5.25. The van der Waals surface area contributed by atoms with Crippen molar-refractivity contribution in [1.29, 1.82) is 0 Å². The topological polar surface area (TPSA) is 17.1 Å². The average molecular weight is 277 g/mol. The number of hydrogen-bond donors (Lipinski definition) is 0. The van der Waals surface area contributed by atoms with Crippen molar-refractivity contribution in [3.63, 3.8) is 0 Å². The number of ketones is 1. The van der Waals surface area contributed by atoms with E-state index in [1.807, 2.05) is 36.4 Å². The fraction of sp³-hybridized carbons (Fsp3) is 0.133. The summed E-state index contributed by atoms with van der Waals surface area (Å²) in [6.45, 7) is 0. The third-order valence-corrected chi connectivity index (χ3v) is 4.37. The van der Waals surface area contributed by atoms with Crippen molar-refractivity contribution in [3.05, 3.63) is 70.8 Å². The zero-order valence-corrected chi connectivity index (χ0v) is 10.9. The SMILES string of the molecule is O=C1c2ccccc2C(Cl)C(Cl)c2ccccc21. The summed E-state index contributed by atoms with van der Waals surface area (Å²) < 4.78 is 0. The van der Waals surface area contributed by atoms with Gasteiger partial charge in [-0.1, -0.05) is 48.5 Å². The number of benzene rings is 2. The lowest BCUT2D eigenvalue weighted by Crippen LogP contribution is -2.03.